The van der Waals surface area contributed by atoms with Gasteiger partial charge in [0.25, 0.3) is 12.9 Å². The third kappa shape index (κ3) is 4.94. The highest BCUT2D eigenvalue weighted by molar-refractivity contribution is 5.87. The van der Waals surface area contributed by atoms with E-state index in [0.717, 1.165) is 0 Å². The molecule has 2 aromatic heterocycles. The molecule has 0 bridgehead atoms. The van der Waals surface area contributed by atoms with Gasteiger partial charge in [-0.15, -0.1) is 0 Å². The van der Waals surface area contributed by atoms with E-state index in [4.69, 9.17) is 0 Å². The average Bonchev–Trinajstić information content (AvgIpc) is 3.17. The topological polar surface area (TPSA) is 91.6 Å². The van der Waals surface area contributed by atoms with E-state index in [1.54, 1.807) is 12.1 Å². The van der Waals surface area contributed by atoms with Gasteiger partial charge < -0.3 is 14.9 Å². The number of hydrogen-bond acceptors (Lipinski definition) is 5. The van der Waals surface area contributed by atoms with Gasteiger partial charge in [-0.3, -0.25) is 9.48 Å². The highest BCUT2D eigenvalue weighted by atomic mass is 19.3. The number of pyridine rings is 1. The van der Waals surface area contributed by atoms with E-state index in [-0.39, 0.29) is 18.8 Å². The third-order valence-electron chi connectivity index (χ3n) is 5.07. The number of carbonyl (C=O) groups excluding carboxylic acids is 1. The zero-order valence-electron chi connectivity index (χ0n) is 16.6. The number of carbonyl (C=O) groups is 2. The van der Waals surface area contributed by atoms with Crippen LogP contribution in [0, 0.1) is 0 Å². The predicted octanol–water partition coefficient (Wildman–Crippen LogP) is 2.76. The van der Waals surface area contributed by atoms with Crippen LogP contribution in [0.15, 0.2) is 18.2 Å². The number of amides is 1. The highest BCUT2D eigenvalue weighted by Gasteiger charge is 2.26. The molecule has 3 heterocycles. The molecular weight excluding hydrogens is 422 g/mol. The molecule has 0 radical (unpaired) electrons. The van der Waals surface area contributed by atoms with Crippen LogP contribution in [0.2, 0.25) is 0 Å². The van der Waals surface area contributed by atoms with E-state index in [0.29, 0.717) is 41.6 Å². The average molecular weight is 443 g/mol. The van der Waals surface area contributed by atoms with Gasteiger partial charge in [0.2, 0.25) is 5.91 Å². The van der Waals surface area contributed by atoms with Crippen molar-refractivity contribution in [2.24, 2.45) is 0 Å². The lowest BCUT2D eigenvalue weighted by atomic mass is 10.1. The minimum Gasteiger partial charge on any atom is -0.477 e. The summed E-state index contributed by atoms with van der Waals surface area (Å²) in [7, 11) is 0. The van der Waals surface area contributed by atoms with E-state index < -0.39 is 42.7 Å². The number of alkyl halides is 4. The molecule has 3 rings (SSSR count). The number of aromatic nitrogens is 3. The van der Waals surface area contributed by atoms with Gasteiger partial charge in [-0.25, -0.2) is 27.3 Å². The maximum absolute atomic E-state index is 13.1. The Hall–Kier alpha value is -3.18. The van der Waals surface area contributed by atoms with E-state index >= 15 is 0 Å². The SMILES string of the molecule is CCc1ccc(N2CCN(C(=O)Cn3nc(C(F)F)cc3C(F)F)CC2)nc1C(=O)O. The Kier molecular flexibility index (Phi) is 6.76. The number of rotatable bonds is 7. The number of carboxylic acids is 1. The van der Waals surface area contributed by atoms with Crippen molar-refractivity contribution in [1.29, 1.82) is 0 Å². The number of halogens is 4. The molecule has 0 spiro atoms. The lowest BCUT2D eigenvalue weighted by Crippen LogP contribution is -2.50. The van der Waals surface area contributed by atoms with Gasteiger partial charge in [0.05, 0.1) is 0 Å². The molecule has 0 saturated carbocycles. The molecule has 1 aliphatic heterocycles. The Morgan fingerprint density at radius 1 is 1.10 bits per heavy atom. The van der Waals surface area contributed by atoms with Crippen molar-refractivity contribution >= 4 is 17.7 Å². The van der Waals surface area contributed by atoms with Crippen molar-refractivity contribution in [2.45, 2.75) is 32.7 Å². The minimum atomic E-state index is -3.04. The van der Waals surface area contributed by atoms with Crippen molar-refractivity contribution in [3.05, 3.63) is 40.8 Å². The van der Waals surface area contributed by atoms with Gasteiger partial charge in [0.1, 0.15) is 23.8 Å². The summed E-state index contributed by atoms with van der Waals surface area (Å²) in [5.74, 6) is -1.17. The standard InChI is InChI=1S/C19H21F4N5O3/c1-2-11-3-4-14(24-16(11)19(30)31)26-5-7-27(8-6-26)15(29)10-28-13(18(22)23)9-12(25-28)17(20)21/h3-4,9,17-18H,2,5-8,10H2,1H3,(H,30,31). The summed E-state index contributed by atoms with van der Waals surface area (Å²) in [6.07, 6.45) is -5.52. The molecule has 12 heteroatoms. The van der Waals surface area contributed by atoms with Gasteiger partial charge in [0, 0.05) is 26.2 Å². The van der Waals surface area contributed by atoms with Crippen LogP contribution < -0.4 is 4.90 Å². The van der Waals surface area contributed by atoms with Gasteiger partial charge in [-0.1, -0.05) is 13.0 Å². The smallest absolute Gasteiger partial charge is 0.354 e. The molecule has 1 amide bonds. The molecule has 8 nitrogen and oxygen atoms in total. The van der Waals surface area contributed by atoms with Crippen LogP contribution in [0.4, 0.5) is 23.4 Å². The Morgan fingerprint density at radius 2 is 1.77 bits per heavy atom. The van der Waals surface area contributed by atoms with Crippen molar-refractivity contribution in [3.63, 3.8) is 0 Å². The van der Waals surface area contributed by atoms with Crippen LogP contribution in [0.5, 0.6) is 0 Å². The van der Waals surface area contributed by atoms with E-state index in [1.165, 1.54) is 4.90 Å². The maximum atomic E-state index is 13.1. The summed E-state index contributed by atoms with van der Waals surface area (Å²) in [6.45, 7) is 2.45. The third-order valence-corrected chi connectivity index (χ3v) is 5.07. The molecule has 1 fully saturated rings. The molecule has 0 aliphatic carbocycles. The van der Waals surface area contributed by atoms with Gasteiger partial charge >= 0.3 is 5.97 Å². The minimum absolute atomic E-state index is 0.0217. The fourth-order valence-electron chi connectivity index (χ4n) is 3.40. The number of nitrogens with zero attached hydrogens (tertiary/aromatic N) is 5. The van der Waals surface area contributed by atoms with Gasteiger partial charge in [-0.05, 0) is 24.1 Å². The maximum Gasteiger partial charge on any atom is 0.354 e. The van der Waals surface area contributed by atoms with Crippen LogP contribution in [0.25, 0.3) is 0 Å². The van der Waals surface area contributed by atoms with Gasteiger partial charge in [0.15, 0.2) is 5.69 Å². The first-order valence-corrected chi connectivity index (χ1v) is 9.61. The Balaban J connectivity index is 1.66. The summed E-state index contributed by atoms with van der Waals surface area (Å²) in [4.78, 5) is 31.4. The molecule has 1 aliphatic rings. The molecule has 31 heavy (non-hydrogen) atoms. The summed E-state index contributed by atoms with van der Waals surface area (Å²) in [5.41, 5.74) is -0.943. The van der Waals surface area contributed by atoms with Crippen molar-refractivity contribution in [1.82, 2.24) is 19.7 Å². The second kappa shape index (κ2) is 9.31. The van der Waals surface area contributed by atoms with Crippen LogP contribution in [-0.2, 0) is 17.8 Å². The number of piperazine rings is 1. The lowest BCUT2D eigenvalue weighted by molar-refractivity contribution is -0.132. The first kappa shape index (κ1) is 22.5. The molecule has 1 N–H and O–H groups in total. The van der Waals surface area contributed by atoms with Crippen LogP contribution >= 0.6 is 0 Å². The molecule has 0 atom stereocenters. The Labute approximate surface area is 175 Å². The number of carboxylic acid groups (broad SMARTS) is 1. The zero-order valence-corrected chi connectivity index (χ0v) is 16.6. The van der Waals surface area contributed by atoms with Crippen LogP contribution in [0.1, 0.15) is 47.2 Å². The molecular formula is C19H21F4N5O3. The highest BCUT2D eigenvalue weighted by Crippen LogP contribution is 2.25. The van der Waals surface area contributed by atoms with Crippen molar-refractivity contribution in [2.75, 3.05) is 31.1 Å². The van der Waals surface area contributed by atoms with Crippen LogP contribution in [-0.4, -0.2) is 62.8 Å². The second-order valence-electron chi connectivity index (χ2n) is 6.96. The van der Waals surface area contributed by atoms with Crippen LogP contribution in [0.3, 0.4) is 0 Å². The first-order valence-electron chi connectivity index (χ1n) is 9.61. The number of hydrogen-bond donors (Lipinski definition) is 1. The second-order valence-corrected chi connectivity index (χ2v) is 6.96. The van der Waals surface area contributed by atoms with E-state index in [1.807, 2.05) is 11.8 Å². The lowest BCUT2D eigenvalue weighted by Gasteiger charge is -2.35. The molecule has 168 valence electrons. The number of aryl methyl sites for hydroxylation is 1. The number of aromatic carboxylic acids is 1. The summed E-state index contributed by atoms with van der Waals surface area (Å²) in [5, 5.41) is 12.8. The quantitative estimate of drug-likeness (QED) is 0.662. The summed E-state index contributed by atoms with van der Waals surface area (Å²) < 4.78 is 52.4. The Morgan fingerprint density at radius 3 is 2.32 bits per heavy atom. The van der Waals surface area contributed by atoms with Crippen molar-refractivity contribution in [3.8, 4) is 0 Å². The van der Waals surface area contributed by atoms with E-state index in [9.17, 15) is 32.3 Å². The summed E-state index contributed by atoms with van der Waals surface area (Å²) in [6, 6.07) is 4.02. The molecule has 1 saturated heterocycles. The fourth-order valence-corrected chi connectivity index (χ4v) is 3.40. The largest absolute Gasteiger partial charge is 0.477 e. The normalized spacial score (nSPS) is 14.5. The predicted molar refractivity (Wildman–Crippen MR) is 102 cm³/mol. The van der Waals surface area contributed by atoms with E-state index in [2.05, 4.69) is 10.1 Å². The fraction of sp³-hybridized carbons (Fsp3) is 0.474. The summed E-state index contributed by atoms with van der Waals surface area (Å²) >= 11 is 0. The molecule has 0 unspecified atom stereocenters. The molecule has 2 aromatic rings. The first-order chi connectivity index (χ1) is 14.7. The monoisotopic (exact) mass is 443 g/mol. The Bertz CT molecular complexity index is 958. The van der Waals surface area contributed by atoms with Crippen molar-refractivity contribution < 1.29 is 32.3 Å². The molecule has 0 aromatic carbocycles. The number of anilines is 1. The zero-order chi connectivity index (χ0) is 22.7. The van der Waals surface area contributed by atoms with Gasteiger partial charge in [-0.2, -0.15) is 5.10 Å².